The van der Waals surface area contributed by atoms with Gasteiger partial charge in [-0.1, -0.05) is 11.6 Å². The van der Waals surface area contributed by atoms with E-state index < -0.39 is 5.97 Å². The lowest BCUT2D eigenvalue weighted by atomic mass is 10.1. The second-order valence-electron chi connectivity index (χ2n) is 4.25. The summed E-state index contributed by atoms with van der Waals surface area (Å²) in [7, 11) is 1.53. The number of carbonyl (C=O) groups is 2. The Morgan fingerprint density at radius 2 is 2.10 bits per heavy atom. The van der Waals surface area contributed by atoms with Crippen LogP contribution in [-0.2, 0) is 16.0 Å². The van der Waals surface area contributed by atoms with E-state index in [-0.39, 0.29) is 25.3 Å². The van der Waals surface area contributed by atoms with Gasteiger partial charge in [0, 0.05) is 23.7 Å². The fourth-order valence-electron chi connectivity index (χ4n) is 1.85. The summed E-state index contributed by atoms with van der Waals surface area (Å²) in [6, 6.07) is 5.08. The molecule has 0 aromatic heterocycles. The molecule has 0 fully saturated rings. The van der Waals surface area contributed by atoms with E-state index >= 15 is 0 Å². The number of benzene rings is 1. The zero-order chi connectivity index (χ0) is 15.1. The molecule has 0 unspecified atom stereocenters. The molecule has 0 heterocycles. The molecule has 6 heteroatoms. The van der Waals surface area contributed by atoms with E-state index in [9.17, 15) is 9.59 Å². The number of amides is 1. The van der Waals surface area contributed by atoms with Crippen LogP contribution in [0.25, 0.3) is 0 Å². The van der Waals surface area contributed by atoms with Crippen LogP contribution >= 0.6 is 11.6 Å². The molecule has 0 saturated carbocycles. The normalized spacial score (nSPS) is 10.2. The summed E-state index contributed by atoms with van der Waals surface area (Å²) in [6.07, 6.45) is 0.0729. The number of hydrogen-bond acceptors (Lipinski definition) is 3. The smallest absolute Gasteiger partial charge is 0.305 e. The van der Waals surface area contributed by atoms with Crippen LogP contribution in [0.2, 0.25) is 5.02 Å². The summed E-state index contributed by atoms with van der Waals surface area (Å²) in [5.74, 6) is -0.469. The quantitative estimate of drug-likeness (QED) is 0.838. The summed E-state index contributed by atoms with van der Waals surface area (Å²) in [4.78, 5) is 24.2. The highest BCUT2D eigenvalue weighted by atomic mass is 35.5. The minimum atomic E-state index is -0.920. The number of rotatable bonds is 7. The third-order valence-corrected chi connectivity index (χ3v) is 3.15. The Labute approximate surface area is 123 Å². The molecule has 0 aliphatic rings. The largest absolute Gasteiger partial charge is 0.496 e. The van der Waals surface area contributed by atoms with Crippen molar-refractivity contribution in [1.29, 1.82) is 0 Å². The SMILES string of the molecule is CCN(CCC(=O)O)C(=O)Cc1cc(Cl)ccc1OC. The molecule has 0 atom stereocenters. The second kappa shape index (κ2) is 7.75. The van der Waals surface area contributed by atoms with Gasteiger partial charge in [-0.2, -0.15) is 0 Å². The summed E-state index contributed by atoms with van der Waals surface area (Å²) in [5, 5.41) is 9.20. The van der Waals surface area contributed by atoms with Gasteiger partial charge < -0.3 is 14.7 Å². The second-order valence-corrected chi connectivity index (χ2v) is 4.69. The molecule has 0 saturated heterocycles. The average Bonchev–Trinajstić information content (AvgIpc) is 2.39. The molecule has 110 valence electrons. The Bertz CT molecular complexity index is 490. The van der Waals surface area contributed by atoms with Gasteiger partial charge in [-0.15, -0.1) is 0 Å². The van der Waals surface area contributed by atoms with E-state index in [2.05, 4.69) is 0 Å². The van der Waals surface area contributed by atoms with Crippen LogP contribution in [0.3, 0.4) is 0 Å². The van der Waals surface area contributed by atoms with Gasteiger partial charge in [0.2, 0.25) is 5.91 Å². The predicted molar refractivity (Wildman–Crippen MR) is 76.2 cm³/mol. The monoisotopic (exact) mass is 299 g/mol. The van der Waals surface area contributed by atoms with Crippen LogP contribution in [0.5, 0.6) is 5.75 Å². The van der Waals surface area contributed by atoms with E-state index in [0.717, 1.165) is 0 Å². The number of hydrogen-bond donors (Lipinski definition) is 1. The van der Waals surface area contributed by atoms with Crippen molar-refractivity contribution in [2.24, 2.45) is 0 Å². The van der Waals surface area contributed by atoms with E-state index in [1.54, 1.807) is 18.2 Å². The summed E-state index contributed by atoms with van der Waals surface area (Å²) in [6.45, 7) is 2.48. The lowest BCUT2D eigenvalue weighted by molar-refractivity contribution is -0.138. The van der Waals surface area contributed by atoms with E-state index in [4.69, 9.17) is 21.4 Å². The zero-order valence-corrected chi connectivity index (χ0v) is 12.3. The molecule has 1 amide bonds. The highest BCUT2D eigenvalue weighted by Gasteiger charge is 2.16. The molecule has 0 bridgehead atoms. The van der Waals surface area contributed by atoms with Crippen molar-refractivity contribution in [3.8, 4) is 5.75 Å². The molecule has 1 aromatic rings. The van der Waals surface area contributed by atoms with Crippen molar-refractivity contribution in [3.05, 3.63) is 28.8 Å². The molecule has 1 aromatic carbocycles. The Hall–Kier alpha value is -1.75. The third kappa shape index (κ3) is 4.74. The lowest BCUT2D eigenvalue weighted by Gasteiger charge is -2.20. The fraction of sp³-hybridized carbons (Fsp3) is 0.429. The highest BCUT2D eigenvalue weighted by Crippen LogP contribution is 2.23. The minimum absolute atomic E-state index is 0.0632. The van der Waals surface area contributed by atoms with E-state index in [0.29, 0.717) is 22.9 Å². The maximum Gasteiger partial charge on any atom is 0.305 e. The number of carboxylic acid groups (broad SMARTS) is 1. The van der Waals surface area contributed by atoms with Gasteiger partial charge in [0.05, 0.1) is 20.0 Å². The van der Waals surface area contributed by atoms with Crippen molar-refractivity contribution in [2.45, 2.75) is 19.8 Å². The highest BCUT2D eigenvalue weighted by molar-refractivity contribution is 6.30. The first-order chi connectivity index (χ1) is 9.47. The maximum atomic E-state index is 12.2. The van der Waals surface area contributed by atoms with Crippen molar-refractivity contribution in [3.63, 3.8) is 0 Å². The Morgan fingerprint density at radius 3 is 2.65 bits per heavy atom. The summed E-state index contributed by atoms with van der Waals surface area (Å²) < 4.78 is 5.19. The van der Waals surface area contributed by atoms with Crippen LogP contribution in [0.15, 0.2) is 18.2 Å². The first-order valence-corrected chi connectivity index (χ1v) is 6.67. The molecular weight excluding hydrogens is 282 g/mol. The Kier molecular flexibility index (Phi) is 6.31. The topological polar surface area (TPSA) is 66.8 Å². The molecule has 1 rings (SSSR count). The van der Waals surface area contributed by atoms with E-state index in [1.807, 2.05) is 6.92 Å². The lowest BCUT2D eigenvalue weighted by Crippen LogP contribution is -2.34. The summed E-state index contributed by atoms with van der Waals surface area (Å²) in [5.41, 5.74) is 0.693. The number of halogens is 1. The number of ether oxygens (including phenoxy) is 1. The predicted octanol–water partition coefficient (Wildman–Crippen LogP) is 2.21. The first-order valence-electron chi connectivity index (χ1n) is 6.30. The van der Waals surface area contributed by atoms with Gasteiger partial charge in [0.15, 0.2) is 0 Å². The average molecular weight is 300 g/mol. The summed E-state index contributed by atoms with van der Waals surface area (Å²) >= 11 is 5.92. The molecule has 5 nitrogen and oxygen atoms in total. The van der Waals surface area contributed by atoms with Crippen molar-refractivity contribution in [2.75, 3.05) is 20.2 Å². The van der Waals surface area contributed by atoms with Crippen LogP contribution < -0.4 is 4.74 Å². The zero-order valence-electron chi connectivity index (χ0n) is 11.6. The van der Waals surface area contributed by atoms with Crippen molar-refractivity contribution >= 4 is 23.5 Å². The molecule has 1 N–H and O–H groups in total. The number of likely N-dealkylation sites (N-methyl/N-ethyl adjacent to an activating group) is 1. The molecule has 20 heavy (non-hydrogen) atoms. The van der Waals surface area contributed by atoms with Gasteiger partial charge in [0.25, 0.3) is 0 Å². The van der Waals surface area contributed by atoms with Crippen LogP contribution in [0.4, 0.5) is 0 Å². The number of carboxylic acids is 1. The van der Waals surface area contributed by atoms with Gasteiger partial charge in [-0.25, -0.2) is 0 Å². The van der Waals surface area contributed by atoms with Crippen LogP contribution in [0.1, 0.15) is 18.9 Å². The number of carbonyl (C=O) groups excluding carboxylic acids is 1. The number of nitrogens with zero attached hydrogens (tertiary/aromatic N) is 1. The van der Waals surface area contributed by atoms with Gasteiger partial charge >= 0.3 is 5.97 Å². The fourth-order valence-corrected chi connectivity index (χ4v) is 2.04. The van der Waals surface area contributed by atoms with Crippen LogP contribution in [-0.4, -0.2) is 42.1 Å². The maximum absolute atomic E-state index is 12.2. The standard InChI is InChI=1S/C14H18ClNO4/c1-3-16(7-6-14(18)19)13(17)9-10-8-11(15)4-5-12(10)20-2/h4-5,8H,3,6-7,9H2,1-2H3,(H,18,19). The van der Waals surface area contributed by atoms with Gasteiger partial charge in [0.1, 0.15) is 5.75 Å². The Balaban J connectivity index is 2.77. The number of methoxy groups -OCH3 is 1. The molecule has 0 aliphatic heterocycles. The third-order valence-electron chi connectivity index (χ3n) is 2.91. The van der Waals surface area contributed by atoms with Gasteiger partial charge in [-0.05, 0) is 25.1 Å². The first kappa shape index (κ1) is 16.3. The number of aliphatic carboxylic acids is 1. The van der Waals surface area contributed by atoms with Gasteiger partial charge in [-0.3, -0.25) is 9.59 Å². The van der Waals surface area contributed by atoms with Crippen molar-refractivity contribution in [1.82, 2.24) is 4.90 Å². The van der Waals surface area contributed by atoms with E-state index in [1.165, 1.54) is 12.0 Å². The minimum Gasteiger partial charge on any atom is -0.496 e. The van der Waals surface area contributed by atoms with Crippen LogP contribution in [0, 0.1) is 0 Å². The molecular formula is C14H18ClNO4. The molecule has 0 aliphatic carbocycles. The Morgan fingerprint density at radius 1 is 1.40 bits per heavy atom. The molecule has 0 radical (unpaired) electrons. The molecule has 0 spiro atoms. The van der Waals surface area contributed by atoms with Crippen molar-refractivity contribution < 1.29 is 19.4 Å².